The molecule has 0 amide bonds. The Morgan fingerprint density at radius 1 is 1.31 bits per heavy atom. The van der Waals surface area contributed by atoms with Crippen LogP contribution < -0.4 is 11.1 Å². The van der Waals surface area contributed by atoms with Crippen molar-refractivity contribution in [2.24, 2.45) is 11.1 Å². The minimum absolute atomic E-state index is 0.117. The highest BCUT2D eigenvalue weighted by atomic mass is 19.3. The van der Waals surface area contributed by atoms with Gasteiger partial charge in [-0.05, 0) is 36.2 Å². The Morgan fingerprint density at radius 3 is 2.69 bits per heavy atom. The number of fused-ring (bicyclic) bond motifs is 1. The van der Waals surface area contributed by atoms with Gasteiger partial charge in [0, 0.05) is 18.8 Å². The van der Waals surface area contributed by atoms with Crippen LogP contribution in [0.2, 0.25) is 0 Å². The van der Waals surface area contributed by atoms with Gasteiger partial charge in [-0.25, -0.2) is 22.7 Å². The van der Waals surface area contributed by atoms with Gasteiger partial charge in [-0.1, -0.05) is 19.1 Å². The van der Waals surface area contributed by atoms with Crippen molar-refractivity contribution in [1.82, 2.24) is 19.9 Å². The van der Waals surface area contributed by atoms with Crippen molar-refractivity contribution in [2.75, 3.05) is 13.7 Å². The first-order valence-corrected chi connectivity index (χ1v) is 11.3. The van der Waals surface area contributed by atoms with E-state index in [0.717, 1.165) is 12.7 Å². The molecule has 188 valence electrons. The van der Waals surface area contributed by atoms with Crippen molar-refractivity contribution in [2.45, 2.75) is 50.3 Å². The molecule has 4 rings (SSSR count). The third-order valence-corrected chi connectivity index (χ3v) is 6.65. The number of carbonyl (C=O) groups is 1. The van der Waals surface area contributed by atoms with Gasteiger partial charge < -0.3 is 15.6 Å². The highest BCUT2D eigenvalue weighted by Gasteiger charge is 2.56. The quantitative estimate of drug-likeness (QED) is 0.436. The number of nitrogens with two attached hydrogens (primary N) is 1. The van der Waals surface area contributed by atoms with Crippen LogP contribution in [0.3, 0.4) is 0 Å². The maximum absolute atomic E-state index is 14.2. The van der Waals surface area contributed by atoms with Crippen LogP contribution in [-0.2, 0) is 16.0 Å². The van der Waals surface area contributed by atoms with Gasteiger partial charge in [0.15, 0.2) is 5.65 Å². The number of carbonyl (C=O) groups excluding carboxylic acids is 1. The Morgan fingerprint density at radius 2 is 2.03 bits per heavy atom. The van der Waals surface area contributed by atoms with Crippen LogP contribution in [0.5, 0.6) is 0 Å². The molecule has 0 aliphatic carbocycles. The number of imidazole rings is 1. The molecule has 0 saturated carbocycles. The molecule has 4 N–H and O–H groups in total. The van der Waals surface area contributed by atoms with Crippen molar-refractivity contribution in [3.63, 3.8) is 0 Å². The molecule has 3 heterocycles. The average Bonchev–Trinajstić information content (AvgIpc) is 3.26. The third kappa shape index (κ3) is 4.89. The lowest BCUT2D eigenvalue weighted by molar-refractivity contribution is -0.184. The molecular formula is C24H28F3N5O3. The molecule has 1 aliphatic heterocycles. The van der Waals surface area contributed by atoms with E-state index < -0.39 is 42.5 Å². The molecule has 3 aromatic rings. The smallest absolute Gasteiger partial charge is 0.316 e. The van der Waals surface area contributed by atoms with Crippen molar-refractivity contribution in [1.29, 1.82) is 0 Å². The fraction of sp³-hybridized carbons (Fsp3) is 0.458. The highest BCUT2D eigenvalue weighted by Crippen LogP contribution is 2.42. The molecule has 1 saturated heterocycles. The number of hydrogen-bond donors (Lipinski definition) is 3. The molecule has 0 spiro atoms. The maximum atomic E-state index is 14.2. The Hall–Kier alpha value is -3.02. The minimum atomic E-state index is -3.21. The van der Waals surface area contributed by atoms with Crippen molar-refractivity contribution < 1.29 is 27.8 Å². The van der Waals surface area contributed by atoms with E-state index >= 15 is 0 Å². The molecule has 35 heavy (non-hydrogen) atoms. The lowest BCUT2D eigenvalue weighted by atomic mass is 9.73. The third-order valence-electron chi connectivity index (χ3n) is 6.65. The summed E-state index contributed by atoms with van der Waals surface area (Å²) in [6.45, 7) is 1.24. The molecule has 0 radical (unpaired) electrons. The second-order valence-corrected chi connectivity index (χ2v) is 9.03. The summed E-state index contributed by atoms with van der Waals surface area (Å²) < 4.78 is 48.1. The van der Waals surface area contributed by atoms with Gasteiger partial charge in [0.25, 0.3) is 5.92 Å². The molecule has 11 heteroatoms. The lowest BCUT2D eigenvalue weighted by Gasteiger charge is -2.42. The number of nitrogens with zero attached hydrogens (tertiary/aromatic N) is 3. The summed E-state index contributed by atoms with van der Waals surface area (Å²) in [5.74, 6) is -4.60. The summed E-state index contributed by atoms with van der Waals surface area (Å²) in [6.07, 6.45) is -0.340. The highest BCUT2D eigenvalue weighted by molar-refractivity contribution is 5.78. The van der Waals surface area contributed by atoms with Crippen molar-refractivity contribution in [3.8, 4) is 0 Å². The normalized spacial score (nSPS) is 23.7. The SMILES string of the molecule is CC[C@@H](c1ccc(F)cc1)C(N)c1cn2nc(CC3(C(=O)OC)CC(F)(F)CNC3O)ccc2n1. The summed E-state index contributed by atoms with van der Waals surface area (Å²) in [7, 11) is 1.09. The molecule has 1 aromatic carbocycles. The summed E-state index contributed by atoms with van der Waals surface area (Å²) in [4.78, 5) is 17.1. The van der Waals surface area contributed by atoms with E-state index in [1.807, 2.05) is 6.92 Å². The van der Waals surface area contributed by atoms with Crippen LogP contribution >= 0.6 is 0 Å². The van der Waals surface area contributed by atoms with Crippen molar-refractivity contribution >= 4 is 11.6 Å². The van der Waals surface area contributed by atoms with E-state index in [1.54, 1.807) is 30.5 Å². The van der Waals surface area contributed by atoms with Gasteiger partial charge in [0.05, 0.1) is 37.3 Å². The van der Waals surface area contributed by atoms with Crippen LogP contribution in [0, 0.1) is 11.2 Å². The Balaban J connectivity index is 1.64. The summed E-state index contributed by atoms with van der Waals surface area (Å²) in [5, 5.41) is 17.2. The van der Waals surface area contributed by atoms with Crippen LogP contribution in [0.1, 0.15) is 48.7 Å². The predicted octanol–water partition coefficient (Wildman–Crippen LogP) is 2.71. The second kappa shape index (κ2) is 9.56. The standard InChI is InChI=1S/C24H28F3N5O3/c1-3-17(14-4-6-15(25)7-5-14)20(28)18-11-32-19(30-18)9-8-16(31-32)10-23(22(34)35-2)12-24(26,27)13-29-21(23)33/h4-9,11,17,20-21,29,33H,3,10,12-13,28H2,1-2H3/t17-,20?,21?,23?/m0/s1. The molecule has 1 fully saturated rings. The van der Waals surface area contributed by atoms with E-state index in [1.165, 1.54) is 16.6 Å². The average molecular weight is 492 g/mol. The van der Waals surface area contributed by atoms with E-state index in [0.29, 0.717) is 23.5 Å². The van der Waals surface area contributed by atoms with E-state index in [-0.39, 0.29) is 18.2 Å². The zero-order chi connectivity index (χ0) is 25.4. The number of aliphatic hydroxyl groups is 1. The van der Waals surface area contributed by atoms with Gasteiger partial charge in [0.2, 0.25) is 0 Å². The second-order valence-electron chi connectivity index (χ2n) is 9.03. The molecule has 1 aliphatic rings. The number of benzene rings is 1. The summed E-state index contributed by atoms with van der Waals surface area (Å²) in [6, 6.07) is 8.87. The number of alkyl halides is 2. The van der Waals surface area contributed by atoms with E-state index in [9.17, 15) is 23.1 Å². The zero-order valence-electron chi connectivity index (χ0n) is 19.4. The van der Waals surface area contributed by atoms with Gasteiger partial charge in [-0.3, -0.25) is 10.1 Å². The van der Waals surface area contributed by atoms with E-state index in [4.69, 9.17) is 10.5 Å². The molecule has 0 bridgehead atoms. The number of methoxy groups -OCH3 is 1. The minimum Gasteiger partial charge on any atom is -0.468 e. The van der Waals surface area contributed by atoms with Crippen LogP contribution in [-0.4, -0.2) is 51.5 Å². The van der Waals surface area contributed by atoms with Gasteiger partial charge in [-0.15, -0.1) is 0 Å². The number of halogens is 3. The maximum Gasteiger partial charge on any atom is 0.316 e. The summed E-state index contributed by atoms with van der Waals surface area (Å²) >= 11 is 0. The first kappa shape index (κ1) is 25.1. The first-order valence-electron chi connectivity index (χ1n) is 11.3. The topological polar surface area (TPSA) is 115 Å². The number of nitrogens with one attached hydrogen (secondary N) is 1. The van der Waals surface area contributed by atoms with Crippen LogP contribution in [0.25, 0.3) is 5.65 Å². The number of aromatic nitrogens is 3. The number of aliphatic hydroxyl groups excluding tert-OH is 1. The first-order chi connectivity index (χ1) is 16.6. The largest absolute Gasteiger partial charge is 0.468 e. The zero-order valence-corrected chi connectivity index (χ0v) is 19.4. The number of rotatable bonds is 7. The molecule has 4 atom stereocenters. The van der Waals surface area contributed by atoms with Crippen LogP contribution in [0.4, 0.5) is 13.2 Å². The van der Waals surface area contributed by atoms with Crippen molar-refractivity contribution in [3.05, 3.63) is 65.4 Å². The fourth-order valence-corrected chi connectivity index (χ4v) is 4.81. The Bertz CT molecular complexity index is 1200. The summed E-state index contributed by atoms with van der Waals surface area (Å²) in [5.41, 5.74) is 6.82. The predicted molar refractivity (Wildman–Crippen MR) is 121 cm³/mol. The van der Waals surface area contributed by atoms with Gasteiger partial charge >= 0.3 is 5.97 Å². The van der Waals surface area contributed by atoms with Crippen LogP contribution in [0.15, 0.2) is 42.6 Å². The lowest BCUT2D eigenvalue weighted by Crippen LogP contribution is -2.61. The van der Waals surface area contributed by atoms with Gasteiger partial charge in [-0.2, -0.15) is 5.10 Å². The van der Waals surface area contributed by atoms with E-state index in [2.05, 4.69) is 15.4 Å². The Labute approximate surface area is 200 Å². The number of ether oxygens (including phenoxy) is 1. The monoisotopic (exact) mass is 491 g/mol. The molecule has 8 nitrogen and oxygen atoms in total. The molecule has 3 unspecified atom stereocenters. The molecular weight excluding hydrogens is 463 g/mol. The molecule has 2 aromatic heterocycles. The Kier molecular flexibility index (Phi) is 6.85. The fourth-order valence-electron chi connectivity index (χ4n) is 4.81. The number of esters is 1. The number of hydrogen-bond acceptors (Lipinski definition) is 7. The number of piperidine rings is 1. The van der Waals surface area contributed by atoms with Gasteiger partial charge in [0.1, 0.15) is 17.5 Å².